The third-order valence-electron chi connectivity index (χ3n) is 13.5. The van der Waals surface area contributed by atoms with Crippen LogP contribution in [0.1, 0.15) is 60.8 Å². The summed E-state index contributed by atoms with van der Waals surface area (Å²) in [5, 5.41) is 33.8. The van der Waals surface area contributed by atoms with Crippen molar-refractivity contribution in [1.82, 2.24) is 9.80 Å². The average Bonchev–Trinajstić information content (AvgIpc) is 3.60. The van der Waals surface area contributed by atoms with Gasteiger partial charge in [0.15, 0.2) is 46.8 Å². The SMILES string of the molecule is C=CCN1CC[C@]23c4c5ccc(O)c4O[C@H]2C(=O)CC[C@@]3(O)[C@H]1C5.COc1ccc2c3c1OC1C(=O)CC[C@@]4(O)[C@@H](C2)N(C)CC[C@]314.Cl.Cl. The summed E-state index contributed by atoms with van der Waals surface area (Å²) in [7, 11) is 3.70. The zero-order valence-electron chi connectivity index (χ0n) is 27.8. The van der Waals surface area contributed by atoms with Gasteiger partial charge in [-0.2, -0.15) is 0 Å². The van der Waals surface area contributed by atoms with Crippen LogP contribution in [0.15, 0.2) is 36.9 Å². The second-order valence-electron chi connectivity index (χ2n) is 15.0. The number of phenolic OH excluding ortho intramolecular Hbond substituents is 1. The summed E-state index contributed by atoms with van der Waals surface area (Å²) in [6.45, 7) is 6.23. The summed E-state index contributed by atoms with van der Waals surface area (Å²) in [4.78, 5) is 29.8. The van der Waals surface area contributed by atoms with E-state index in [-0.39, 0.29) is 54.2 Å². The Labute approximate surface area is 298 Å². The number of likely N-dealkylation sites (N-methyl/N-ethyl adjacent to an activating group) is 1. The highest BCUT2D eigenvalue weighted by Crippen LogP contribution is 2.66. The van der Waals surface area contributed by atoms with Crippen LogP contribution in [0.3, 0.4) is 0 Å². The minimum Gasteiger partial charge on any atom is -0.504 e. The van der Waals surface area contributed by atoms with Gasteiger partial charge < -0.3 is 34.4 Å². The van der Waals surface area contributed by atoms with Crippen LogP contribution in [0.25, 0.3) is 0 Å². The van der Waals surface area contributed by atoms with Gasteiger partial charge in [0, 0.05) is 49.1 Å². The lowest BCUT2D eigenvalue weighted by molar-refractivity contribution is -0.187. The number of likely N-dealkylation sites (tertiary alicyclic amines) is 2. The highest BCUT2D eigenvalue weighted by molar-refractivity contribution is 5.91. The van der Waals surface area contributed by atoms with Crippen molar-refractivity contribution in [1.29, 1.82) is 0 Å². The van der Waals surface area contributed by atoms with Crippen LogP contribution < -0.4 is 14.2 Å². The third kappa shape index (κ3) is 3.93. The normalized spacial score (nSPS) is 38.3. The van der Waals surface area contributed by atoms with Gasteiger partial charge in [-0.15, -0.1) is 31.4 Å². The maximum atomic E-state index is 12.7. The fourth-order valence-corrected chi connectivity index (χ4v) is 11.5. The molecule has 2 saturated heterocycles. The predicted molar refractivity (Wildman–Crippen MR) is 185 cm³/mol. The number of phenols is 1. The molecule has 4 heterocycles. The number of ketones is 2. The van der Waals surface area contributed by atoms with E-state index in [9.17, 15) is 24.9 Å². The first kappa shape index (κ1) is 34.6. The molecule has 10 rings (SSSR count). The van der Waals surface area contributed by atoms with Crippen LogP contribution in [0.2, 0.25) is 0 Å². The third-order valence-corrected chi connectivity index (χ3v) is 13.5. The van der Waals surface area contributed by atoms with Crippen LogP contribution in [0.4, 0.5) is 0 Å². The number of nitrogens with zero attached hydrogens (tertiary/aromatic N) is 2. The molecule has 8 atom stereocenters. The Morgan fingerprint density at radius 2 is 1.41 bits per heavy atom. The molecule has 49 heavy (non-hydrogen) atoms. The van der Waals surface area contributed by atoms with Crippen molar-refractivity contribution >= 4 is 36.4 Å². The highest BCUT2D eigenvalue weighted by atomic mass is 35.5. The quantitative estimate of drug-likeness (QED) is 0.408. The summed E-state index contributed by atoms with van der Waals surface area (Å²) >= 11 is 0. The number of Topliss-reactive ketones (excluding diaryl/α,β-unsaturated/α-hetero) is 2. The zero-order chi connectivity index (χ0) is 32.7. The maximum absolute atomic E-state index is 12.7. The molecule has 0 radical (unpaired) electrons. The number of piperidine rings is 2. The Balaban J connectivity index is 0.000000148. The molecule has 2 spiro atoms. The second kappa shape index (κ2) is 11.3. The van der Waals surface area contributed by atoms with Gasteiger partial charge in [-0.05, 0) is 75.4 Å². The number of hydrogen-bond donors (Lipinski definition) is 3. The monoisotopic (exact) mass is 714 g/mol. The minimum atomic E-state index is -1.00. The largest absolute Gasteiger partial charge is 0.504 e. The first-order chi connectivity index (χ1) is 22.6. The van der Waals surface area contributed by atoms with Crippen molar-refractivity contribution in [2.45, 2.75) is 97.7 Å². The standard InChI is InChI=1S/C19H21NO4.C18H21NO4.2ClH/c1-2-8-20-9-7-18-15-11-3-4-12(21)16(15)24-17(18)13(22)5-6-19(18,23)14(20)10-11;1-19-8-7-17-14-10-3-4-12(22-2)15(14)23-16(17)11(20)5-6-18(17,21)13(19)9-10;;/h2-4,14,17,21,23H,1,5-10H2;3-4,13,16,21H,5-9H2,1-2H3;2*1H/t14-,17+,18+,19-;13-,16?,17+,18-;;/m11../s1. The van der Waals surface area contributed by atoms with Gasteiger partial charge in [0.1, 0.15) is 0 Å². The van der Waals surface area contributed by atoms with Crippen molar-refractivity contribution < 1.29 is 39.1 Å². The lowest BCUT2D eigenvalue weighted by atomic mass is 9.49. The molecule has 8 aliphatic rings. The highest BCUT2D eigenvalue weighted by Gasteiger charge is 2.74. The summed E-state index contributed by atoms with van der Waals surface area (Å²) in [6, 6.07) is 7.56. The van der Waals surface area contributed by atoms with E-state index in [2.05, 4.69) is 29.5 Å². The van der Waals surface area contributed by atoms with Crippen LogP contribution in [0, 0.1) is 0 Å². The van der Waals surface area contributed by atoms with Gasteiger partial charge in [-0.1, -0.05) is 18.2 Å². The first-order valence-corrected chi connectivity index (χ1v) is 17.0. The van der Waals surface area contributed by atoms with Crippen molar-refractivity contribution in [3.63, 3.8) is 0 Å². The molecule has 4 aliphatic heterocycles. The number of carbonyl (C=O) groups excluding carboxylic acids is 2. The van der Waals surface area contributed by atoms with Crippen LogP contribution in [-0.4, -0.2) is 106 Å². The molecule has 264 valence electrons. The number of aromatic hydroxyl groups is 1. The number of rotatable bonds is 3. The number of benzene rings is 2. The van der Waals surface area contributed by atoms with E-state index in [1.807, 2.05) is 18.2 Å². The number of ether oxygens (including phenoxy) is 3. The van der Waals surface area contributed by atoms with Crippen molar-refractivity contribution in [3.8, 4) is 23.0 Å². The van der Waals surface area contributed by atoms with E-state index >= 15 is 0 Å². The van der Waals surface area contributed by atoms with E-state index < -0.39 is 34.2 Å². The van der Waals surface area contributed by atoms with Gasteiger partial charge in [0.2, 0.25) is 0 Å². The fourth-order valence-electron chi connectivity index (χ4n) is 11.5. The number of carbonyl (C=O) groups is 2. The molecule has 3 N–H and O–H groups in total. The summed E-state index contributed by atoms with van der Waals surface area (Å²) < 4.78 is 17.6. The van der Waals surface area contributed by atoms with Crippen LogP contribution >= 0.6 is 24.8 Å². The number of hydrogen-bond acceptors (Lipinski definition) is 10. The molecule has 2 saturated carbocycles. The molecule has 2 aromatic carbocycles. The minimum absolute atomic E-state index is 0. The van der Waals surface area contributed by atoms with Gasteiger partial charge in [0.25, 0.3) is 0 Å². The van der Waals surface area contributed by atoms with Gasteiger partial charge in [-0.3, -0.25) is 14.5 Å². The lowest BCUT2D eigenvalue weighted by Gasteiger charge is -2.62. The Morgan fingerprint density at radius 3 is 2.04 bits per heavy atom. The van der Waals surface area contributed by atoms with Crippen molar-refractivity contribution in [3.05, 3.63) is 59.2 Å². The molecule has 12 heteroatoms. The summed E-state index contributed by atoms with van der Waals surface area (Å²) in [5.74, 6) is 2.00. The van der Waals surface area contributed by atoms with E-state index in [1.54, 1.807) is 13.2 Å². The number of methoxy groups -OCH3 is 1. The second-order valence-corrected chi connectivity index (χ2v) is 15.0. The zero-order valence-corrected chi connectivity index (χ0v) is 29.4. The summed E-state index contributed by atoms with van der Waals surface area (Å²) in [5.41, 5.74) is 0.993. The lowest BCUT2D eigenvalue weighted by Crippen LogP contribution is -2.76. The molecule has 4 fully saturated rings. The molecular formula is C37H44Cl2N2O8. The molecule has 4 bridgehead atoms. The van der Waals surface area contributed by atoms with E-state index in [0.717, 1.165) is 49.2 Å². The van der Waals surface area contributed by atoms with E-state index in [1.165, 1.54) is 5.56 Å². The first-order valence-electron chi connectivity index (χ1n) is 17.0. The number of halogens is 2. The van der Waals surface area contributed by atoms with Crippen molar-refractivity contribution in [2.24, 2.45) is 0 Å². The maximum Gasteiger partial charge on any atom is 0.174 e. The average molecular weight is 716 g/mol. The molecule has 2 aromatic rings. The smallest absolute Gasteiger partial charge is 0.174 e. The predicted octanol–water partition coefficient (Wildman–Crippen LogP) is 3.19. The van der Waals surface area contributed by atoms with E-state index in [4.69, 9.17) is 14.2 Å². The Kier molecular flexibility index (Phi) is 7.99. The van der Waals surface area contributed by atoms with Gasteiger partial charge >= 0.3 is 0 Å². The van der Waals surface area contributed by atoms with Gasteiger partial charge in [-0.25, -0.2) is 0 Å². The molecule has 0 aromatic heterocycles. The Morgan fingerprint density at radius 1 is 0.857 bits per heavy atom. The number of aliphatic hydroxyl groups is 2. The Hall–Kier alpha value is -2.86. The Bertz CT molecular complexity index is 1770. The van der Waals surface area contributed by atoms with E-state index in [0.29, 0.717) is 55.8 Å². The van der Waals surface area contributed by atoms with Gasteiger partial charge in [0.05, 0.1) is 29.1 Å². The molecule has 4 aliphatic carbocycles. The van der Waals surface area contributed by atoms with Crippen LogP contribution in [-0.2, 0) is 33.3 Å². The molecule has 0 amide bonds. The molecular weight excluding hydrogens is 671 g/mol. The van der Waals surface area contributed by atoms with Crippen molar-refractivity contribution in [2.75, 3.05) is 33.8 Å². The molecule has 10 nitrogen and oxygen atoms in total. The van der Waals surface area contributed by atoms with Crippen LogP contribution in [0.5, 0.6) is 23.0 Å². The topological polar surface area (TPSA) is 129 Å². The summed E-state index contributed by atoms with van der Waals surface area (Å²) in [6.07, 6.45) is 5.24. The fraction of sp³-hybridized carbons (Fsp3) is 0.568. The molecule has 1 unspecified atom stereocenters.